The molecule has 1 aliphatic heterocycles. The fourth-order valence-electron chi connectivity index (χ4n) is 2.24. The number of imidazole rings is 1. The standard InChI is InChI=1S/C13H17N3S/c1-9-7-17-8-12(9)14-6-13-15-10-4-2-3-5-11(10)16-13/h2-5,9,12,14H,6-8H2,1H3,(H,15,16). The van der Waals surface area contributed by atoms with Crippen LogP contribution in [-0.2, 0) is 6.54 Å². The predicted molar refractivity (Wildman–Crippen MR) is 73.2 cm³/mol. The third-order valence-electron chi connectivity index (χ3n) is 3.34. The Labute approximate surface area is 105 Å². The molecule has 2 unspecified atom stereocenters. The highest BCUT2D eigenvalue weighted by molar-refractivity contribution is 7.99. The highest BCUT2D eigenvalue weighted by Gasteiger charge is 2.23. The van der Waals surface area contributed by atoms with Crippen molar-refractivity contribution in [3.8, 4) is 0 Å². The van der Waals surface area contributed by atoms with E-state index < -0.39 is 0 Å². The van der Waals surface area contributed by atoms with Crippen LogP contribution in [0.1, 0.15) is 12.7 Å². The molecule has 3 rings (SSSR count). The van der Waals surface area contributed by atoms with Gasteiger partial charge in [0.05, 0.1) is 17.6 Å². The Morgan fingerprint density at radius 2 is 2.29 bits per heavy atom. The summed E-state index contributed by atoms with van der Waals surface area (Å²) in [6.07, 6.45) is 0. The van der Waals surface area contributed by atoms with E-state index >= 15 is 0 Å². The number of nitrogens with zero attached hydrogens (tertiary/aromatic N) is 1. The first kappa shape index (κ1) is 11.1. The maximum atomic E-state index is 4.57. The van der Waals surface area contributed by atoms with Gasteiger partial charge in [-0.2, -0.15) is 11.8 Å². The van der Waals surface area contributed by atoms with E-state index in [1.54, 1.807) is 0 Å². The Hall–Kier alpha value is -1.00. The SMILES string of the molecule is CC1CSCC1NCc1nc2ccccc2[nH]1. The first-order valence-electron chi connectivity index (χ1n) is 6.07. The zero-order valence-corrected chi connectivity index (χ0v) is 10.8. The summed E-state index contributed by atoms with van der Waals surface area (Å²) < 4.78 is 0. The van der Waals surface area contributed by atoms with Crippen LogP contribution >= 0.6 is 11.8 Å². The number of para-hydroxylation sites is 2. The summed E-state index contributed by atoms with van der Waals surface area (Å²) in [6, 6.07) is 8.81. The molecule has 2 heterocycles. The molecule has 17 heavy (non-hydrogen) atoms. The molecule has 1 aliphatic rings. The van der Waals surface area contributed by atoms with Crippen molar-refractivity contribution >= 4 is 22.8 Å². The van der Waals surface area contributed by atoms with Crippen LogP contribution < -0.4 is 5.32 Å². The summed E-state index contributed by atoms with van der Waals surface area (Å²) in [5.74, 6) is 4.30. The third kappa shape index (κ3) is 2.33. The Morgan fingerprint density at radius 1 is 1.41 bits per heavy atom. The van der Waals surface area contributed by atoms with Gasteiger partial charge in [0.2, 0.25) is 0 Å². The zero-order chi connectivity index (χ0) is 11.7. The van der Waals surface area contributed by atoms with E-state index in [2.05, 4.69) is 28.3 Å². The first-order chi connectivity index (χ1) is 8.33. The number of aromatic nitrogens is 2. The minimum atomic E-state index is 0.633. The Morgan fingerprint density at radius 3 is 3.06 bits per heavy atom. The fourth-order valence-corrected chi connectivity index (χ4v) is 3.68. The summed E-state index contributed by atoms with van der Waals surface area (Å²) in [5.41, 5.74) is 2.18. The van der Waals surface area contributed by atoms with E-state index in [4.69, 9.17) is 0 Å². The van der Waals surface area contributed by atoms with Crippen molar-refractivity contribution in [3.05, 3.63) is 30.1 Å². The van der Waals surface area contributed by atoms with Gasteiger partial charge in [0.1, 0.15) is 5.82 Å². The number of hydrogen-bond donors (Lipinski definition) is 2. The molecule has 0 radical (unpaired) electrons. The number of nitrogens with one attached hydrogen (secondary N) is 2. The number of aromatic amines is 1. The summed E-state index contributed by atoms with van der Waals surface area (Å²) in [6.45, 7) is 3.15. The normalized spacial score (nSPS) is 24.5. The minimum Gasteiger partial charge on any atom is -0.341 e. The van der Waals surface area contributed by atoms with Gasteiger partial charge in [-0.1, -0.05) is 19.1 Å². The van der Waals surface area contributed by atoms with Crippen molar-refractivity contribution in [2.75, 3.05) is 11.5 Å². The molecule has 1 fully saturated rings. The van der Waals surface area contributed by atoms with Crippen molar-refractivity contribution in [1.29, 1.82) is 0 Å². The van der Waals surface area contributed by atoms with Gasteiger partial charge in [-0.15, -0.1) is 0 Å². The van der Waals surface area contributed by atoms with Crippen molar-refractivity contribution in [2.24, 2.45) is 5.92 Å². The van der Waals surface area contributed by atoms with Gasteiger partial charge in [0.25, 0.3) is 0 Å². The summed E-state index contributed by atoms with van der Waals surface area (Å²) in [5, 5.41) is 3.59. The fraction of sp³-hybridized carbons (Fsp3) is 0.462. The van der Waals surface area contributed by atoms with Gasteiger partial charge < -0.3 is 10.3 Å². The Kier molecular flexibility index (Phi) is 3.07. The van der Waals surface area contributed by atoms with E-state index in [0.717, 1.165) is 29.3 Å². The van der Waals surface area contributed by atoms with Crippen LogP contribution in [0.25, 0.3) is 11.0 Å². The number of fused-ring (bicyclic) bond motifs is 1. The quantitative estimate of drug-likeness (QED) is 0.875. The van der Waals surface area contributed by atoms with Crippen molar-refractivity contribution < 1.29 is 0 Å². The average Bonchev–Trinajstić information content (AvgIpc) is 2.92. The molecule has 1 aromatic heterocycles. The molecular weight excluding hydrogens is 230 g/mol. The zero-order valence-electron chi connectivity index (χ0n) is 9.94. The van der Waals surface area contributed by atoms with Gasteiger partial charge in [0, 0.05) is 11.8 Å². The lowest BCUT2D eigenvalue weighted by Gasteiger charge is -2.15. The summed E-state index contributed by atoms with van der Waals surface area (Å²) in [4.78, 5) is 7.93. The number of rotatable bonds is 3. The van der Waals surface area contributed by atoms with Crippen LogP contribution in [0.3, 0.4) is 0 Å². The molecule has 2 aromatic rings. The van der Waals surface area contributed by atoms with Crippen molar-refractivity contribution in [3.63, 3.8) is 0 Å². The van der Waals surface area contributed by atoms with Gasteiger partial charge >= 0.3 is 0 Å². The molecule has 3 nitrogen and oxygen atoms in total. The average molecular weight is 247 g/mol. The van der Waals surface area contributed by atoms with E-state index in [0.29, 0.717) is 6.04 Å². The second-order valence-corrected chi connectivity index (χ2v) is 5.78. The molecule has 2 N–H and O–H groups in total. The smallest absolute Gasteiger partial charge is 0.121 e. The molecule has 90 valence electrons. The summed E-state index contributed by atoms with van der Waals surface area (Å²) >= 11 is 2.04. The van der Waals surface area contributed by atoms with Crippen LogP contribution in [0.4, 0.5) is 0 Å². The minimum absolute atomic E-state index is 0.633. The predicted octanol–water partition coefficient (Wildman–Crippen LogP) is 2.40. The monoisotopic (exact) mass is 247 g/mol. The van der Waals surface area contributed by atoms with Gasteiger partial charge in [-0.3, -0.25) is 0 Å². The van der Waals surface area contributed by atoms with Crippen LogP contribution in [0.15, 0.2) is 24.3 Å². The molecule has 0 bridgehead atoms. The highest BCUT2D eigenvalue weighted by atomic mass is 32.2. The van der Waals surface area contributed by atoms with Gasteiger partial charge in [0.15, 0.2) is 0 Å². The van der Waals surface area contributed by atoms with E-state index in [1.165, 1.54) is 11.5 Å². The van der Waals surface area contributed by atoms with E-state index in [1.807, 2.05) is 30.0 Å². The molecule has 1 aromatic carbocycles. The number of benzene rings is 1. The van der Waals surface area contributed by atoms with Crippen LogP contribution in [0.5, 0.6) is 0 Å². The van der Waals surface area contributed by atoms with Crippen molar-refractivity contribution in [2.45, 2.75) is 19.5 Å². The summed E-state index contributed by atoms with van der Waals surface area (Å²) in [7, 11) is 0. The second kappa shape index (κ2) is 4.70. The molecule has 0 amide bonds. The molecule has 0 saturated carbocycles. The number of thioether (sulfide) groups is 1. The van der Waals surface area contributed by atoms with Gasteiger partial charge in [-0.05, 0) is 23.8 Å². The Bertz CT molecular complexity index is 475. The van der Waals surface area contributed by atoms with E-state index in [9.17, 15) is 0 Å². The lowest BCUT2D eigenvalue weighted by atomic mass is 10.1. The van der Waals surface area contributed by atoms with Gasteiger partial charge in [-0.25, -0.2) is 4.98 Å². The van der Waals surface area contributed by atoms with Crippen molar-refractivity contribution in [1.82, 2.24) is 15.3 Å². The molecule has 0 aliphatic carbocycles. The molecule has 4 heteroatoms. The number of hydrogen-bond acceptors (Lipinski definition) is 3. The topological polar surface area (TPSA) is 40.7 Å². The van der Waals surface area contributed by atoms with Crippen LogP contribution in [0.2, 0.25) is 0 Å². The lowest BCUT2D eigenvalue weighted by molar-refractivity contribution is 0.448. The maximum Gasteiger partial charge on any atom is 0.121 e. The number of H-pyrrole nitrogens is 1. The highest BCUT2D eigenvalue weighted by Crippen LogP contribution is 2.23. The largest absolute Gasteiger partial charge is 0.341 e. The molecule has 0 spiro atoms. The van der Waals surface area contributed by atoms with E-state index in [-0.39, 0.29) is 0 Å². The molecule has 2 atom stereocenters. The molecular formula is C13H17N3S. The van der Waals surface area contributed by atoms with Crippen LogP contribution in [0, 0.1) is 5.92 Å². The maximum absolute atomic E-state index is 4.57. The molecule has 1 saturated heterocycles. The second-order valence-electron chi connectivity index (χ2n) is 4.70. The third-order valence-corrected chi connectivity index (χ3v) is 4.69. The lowest BCUT2D eigenvalue weighted by Crippen LogP contribution is -2.33. The Balaban J connectivity index is 1.68. The first-order valence-corrected chi connectivity index (χ1v) is 7.23. The van der Waals surface area contributed by atoms with Crippen LogP contribution in [-0.4, -0.2) is 27.5 Å².